The van der Waals surface area contributed by atoms with Crippen molar-refractivity contribution in [3.63, 3.8) is 0 Å². The summed E-state index contributed by atoms with van der Waals surface area (Å²) in [5, 5.41) is 1.96. The Morgan fingerprint density at radius 3 is 2.37 bits per heavy atom. The zero-order chi connectivity index (χ0) is 20.9. The minimum atomic E-state index is -0.797. The van der Waals surface area contributed by atoms with Gasteiger partial charge in [0, 0.05) is 6.54 Å². The fraction of sp³-hybridized carbons (Fsp3) is 0.174. The lowest BCUT2D eigenvalue weighted by molar-refractivity contribution is -0.136. The summed E-state index contributed by atoms with van der Waals surface area (Å²) in [6, 6.07) is 21.5. The molecule has 30 heavy (non-hydrogen) atoms. The number of hydrogen-bond acceptors (Lipinski definition) is 5. The maximum atomic E-state index is 13.2. The van der Waals surface area contributed by atoms with E-state index >= 15 is 0 Å². The van der Waals surface area contributed by atoms with Gasteiger partial charge in [-0.25, -0.2) is 4.90 Å². The van der Waals surface area contributed by atoms with Crippen LogP contribution in [0.25, 0.3) is 0 Å². The van der Waals surface area contributed by atoms with Gasteiger partial charge < -0.3 is 4.90 Å². The lowest BCUT2D eigenvalue weighted by Crippen LogP contribution is -2.45. The van der Waals surface area contributed by atoms with Gasteiger partial charge in [-0.05, 0) is 29.1 Å². The van der Waals surface area contributed by atoms with Crippen LogP contribution in [-0.4, -0.2) is 34.4 Å². The highest BCUT2D eigenvalue weighted by atomic mass is 32.2. The zero-order valence-corrected chi connectivity index (χ0v) is 17.8. The molecular weight excluding hydrogens is 416 g/mol. The first-order chi connectivity index (χ1) is 14.6. The first-order valence-corrected chi connectivity index (χ1v) is 11.4. The highest BCUT2D eigenvalue weighted by Crippen LogP contribution is 2.28. The highest BCUT2D eigenvalue weighted by Gasteiger charge is 2.44. The van der Waals surface area contributed by atoms with Crippen molar-refractivity contribution >= 4 is 46.5 Å². The number of rotatable bonds is 7. The van der Waals surface area contributed by atoms with E-state index in [4.69, 9.17) is 0 Å². The first-order valence-electron chi connectivity index (χ1n) is 9.55. The molecule has 0 bridgehead atoms. The molecule has 0 N–H and O–H groups in total. The molecule has 3 amide bonds. The van der Waals surface area contributed by atoms with Gasteiger partial charge in [0.05, 0.1) is 22.1 Å². The number of para-hydroxylation sites is 1. The molecule has 1 aliphatic rings. The van der Waals surface area contributed by atoms with Crippen LogP contribution in [0.5, 0.6) is 0 Å². The van der Waals surface area contributed by atoms with E-state index in [0.717, 1.165) is 9.77 Å². The Hall–Kier alpha value is -2.90. The zero-order valence-electron chi connectivity index (χ0n) is 16.1. The first kappa shape index (κ1) is 20.4. The summed E-state index contributed by atoms with van der Waals surface area (Å²) in [4.78, 5) is 41.8. The summed E-state index contributed by atoms with van der Waals surface area (Å²) >= 11 is 3.02. The molecule has 1 fully saturated rings. The Bertz CT molecular complexity index is 1020. The number of carbonyl (C=O) groups excluding carboxylic acids is 3. The molecule has 0 saturated carbocycles. The summed E-state index contributed by atoms with van der Waals surface area (Å²) in [7, 11) is 0. The number of imide groups is 1. The van der Waals surface area contributed by atoms with E-state index in [2.05, 4.69) is 0 Å². The number of anilines is 1. The third-order valence-corrected chi connectivity index (χ3v) is 6.98. The number of amides is 3. The van der Waals surface area contributed by atoms with Gasteiger partial charge in [-0.2, -0.15) is 0 Å². The molecule has 0 spiro atoms. The Morgan fingerprint density at radius 2 is 1.70 bits per heavy atom. The molecule has 1 atom stereocenters. The largest absolute Gasteiger partial charge is 0.325 e. The molecule has 3 aromatic rings. The average molecular weight is 437 g/mol. The predicted octanol–water partition coefficient (Wildman–Crippen LogP) is 4.20. The van der Waals surface area contributed by atoms with E-state index in [1.165, 1.54) is 16.7 Å². The molecule has 0 radical (unpaired) electrons. The Kier molecular flexibility index (Phi) is 6.30. The molecule has 0 aliphatic carbocycles. The third kappa shape index (κ3) is 4.47. The Labute approximate surface area is 183 Å². The van der Waals surface area contributed by atoms with Crippen molar-refractivity contribution in [2.45, 2.75) is 23.2 Å². The van der Waals surface area contributed by atoms with Crippen LogP contribution in [0.1, 0.15) is 12.0 Å². The van der Waals surface area contributed by atoms with Crippen molar-refractivity contribution in [1.82, 2.24) is 4.90 Å². The summed E-state index contributed by atoms with van der Waals surface area (Å²) in [5.41, 5.74) is 1.46. The van der Waals surface area contributed by atoms with Crippen LogP contribution in [0.2, 0.25) is 0 Å². The fourth-order valence-electron chi connectivity index (χ4n) is 3.42. The molecule has 152 valence electrons. The van der Waals surface area contributed by atoms with Crippen molar-refractivity contribution in [2.24, 2.45) is 0 Å². The maximum Gasteiger partial charge on any atom is 0.257 e. The SMILES string of the molecule is O=C1CC(N(Cc2ccccc2)C(=O)CSc2cccs2)C(=O)N1c1ccccc1. The lowest BCUT2D eigenvalue weighted by Gasteiger charge is -2.27. The third-order valence-electron chi connectivity index (χ3n) is 4.86. The normalized spacial score (nSPS) is 16.1. The summed E-state index contributed by atoms with van der Waals surface area (Å²) in [5.74, 6) is -0.570. The maximum absolute atomic E-state index is 13.2. The minimum Gasteiger partial charge on any atom is -0.325 e. The van der Waals surface area contributed by atoms with Crippen molar-refractivity contribution in [3.8, 4) is 0 Å². The number of thioether (sulfide) groups is 1. The average Bonchev–Trinajstić information content (AvgIpc) is 3.39. The van der Waals surface area contributed by atoms with E-state index < -0.39 is 6.04 Å². The number of nitrogens with zero attached hydrogens (tertiary/aromatic N) is 2. The molecule has 2 aromatic carbocycles. The van der Waals surface area contributed by atoms with Crippen LogP contribution < -0.4 is 4.90 Å². The van der Waals surface area contributed by atoms with E-state index in [1.807, 2.05) is 53.9 Å². The summed E-state index contributed by atoms with van der Waals surface area (Å²) in [6.45, 7) is 0.289. The van der Waals surface area contributed by atoms with Crippen molar-refractivity contribution in [3.05, 3.63) is 83.7 Å². The molecule has 7 heteroatoms. The number of thiophene rings is 1. The molecule has 5 nitrogen and oxygen atoms in total. The van der Waals surface area contributed by atoms with Crippen LogP contribution >= 0.6 is 23.1 Å². The van der Waals surface area contributed by atoms with Gasteiger partial charge in [0.1, 0.15) is 6.04 Å². The Balaban J connectivity index is 1.57. The van der Waals surface area contributed by atoms with Crippen LogP contribution in [0.3, 0.4) is 0 Å². The van der Waals surface area contributed by atoms with Crippen LogP contribution in [0, 0.1) is 0 Å². The second kappa shape index (κ2) is 9.28. The standard InChI is InChI=1S/C23H20N2O3S2/c26-20-14-19(23(28)25(20)18-10-5-2-6-11-18)24(15-17-8-3-1-4-9-17)21(27)16-30-22-12-7-13-29-22/h1-13,19H,14-16H2. The number of benzene rings is 2. The molecule has 2 heterocycles. The van der Waals surface area contributed by atoms with Crippen LogP contribution in [-0.2, 0) is 20.9 Å². The number of hydrogen-bond donors (Lipinski definition) is 0. The molecule has 1 aromatic heterocycles. The molecule has 1 aliphatic heterocycles. The van der Waals surface area contributed by atoms with Gasteiger partial charge in [0.2, 0.25) is 11.8 Å². The van der Waals surface area contributed by atoms with Gasteiger partial charge >= 0.3 is 0 Å². The second-order valence-corrected chi connectivity index (χ2v) is 9.07. The quantitative estimate of drug-likeness (QED) is 0.411. The smallest absolute Gasteiger partial charge is 0.257 e. The molecule has 4 rings (SSSR count). The second-order valence-electron chi connectivity index (χ2n) is 6.85. The van der Waals surface area contributed by atoms with Gasteiger partial charge in [-0.1, -0.05) is 54.6 Å². The van der Waals surface area contributed by atoms with Gasteiger partial charge in [-0.15, -0.1) is 23.1 Å². The van der Waals surface area contributed by atoms with Crippen molar-refractivity contribution in [1.29, 1.82) is 0 Å². The van der Waals surface area contributed by atoms with Crippen LogP contribution in [0.4, 0.5) is 5.69 Å². The van der Waals surface area contributed by atoms with Crippen molar-refractivity contribution in [2.75, 3.05) is 10.7 Å². The molecule has 1 unspecified atom stereocenters. The van der Waals surface area contributed by atoms with Gasteiger partial charge in [0.25, 0.3) is 5.91 Å². The van der Waals surface area contributed by atoms with Crippen LogP contribution in [0.15, 0.2) is 82.4 Å². The fourth-order valence-corrected chi connectivity index (χ4v) is 5.09. The number of carbonyl (C=O) groups is 3. The predicted molar refractivity (Wildman–Crippen MR) is 119 cm³/mol. The molecule has 1 saturated heterocycles. The van der Waals surface area contributed by atoms with Gasteiger partial charge in [-0.3, -0.25) is 14.4 Å². The topological polar surface area (TPSA) is 57.7 Å². The lowest BCUT2D eigenvalue weighted by atomic mass is 10.1. The minimum absolute atomic E-state index is 0.00400. The highest BCUT2D eigenvalue weighted by molar-refractivity contribution is 8.01. The summed E-state index contributed by atoms with van der Waals surface area (Å²) < 4.78 is 1.04. The van der Waals surface area contributed by atoms with E-state index in [0.29, 0.717) is 5.69 Å². The van der Waals surface area contributed by atoms with Gasteiger partial charge in [0.15, 0.2) is 0 Å². The van der Waals surface area contributed by atoms with E-state index in [1.54, 1.807) is 40.5 Å². The summed E-state index contributed by atoms with van der Waals surface area (Å²) in [6.07, 6.45) is -0.00400. The monoisotopic (exact) mass is 436 g/mol. The van der Waals surface area contributed by atoms with E-state index in [9.17, 15) is 14.4 Å². The van der Waals surface area contributed by atoms with E-state index in [-0.39, 0.29) is 36.4 Å². The van der Waals surface area contributed by atoms with Crippen molar-refractivity contribution < 1.29 is 14.4 Å². The Morgan fingerprint density at radius 1 is 1.00 bits per heavy atom. The molecular formula is C23H20N2O3S2.